The summed E-state index contributed by atoms with van der Waals surface area (Å²) in [6.45, 7) is 6.64. The van der Waals surface area contributed by atoms with Crippen molar-refractivity contribution in [2.45, 2.75) is 70.0 Å². The molecule has 0 aliphatic carbocycles. The van der Waals surface area contributed by atoms with E-state index < -0.39 is 68.5 Å². The van der Waals surface area contributed by atoms with Gasteiger partial charge in [-0.3, -0.25) is 4.57 Å². The predicted molar refractivity (Wildman–Crippen MR) is 267 cm³/mol. The number of hydrogen-bond donors (Lipinski definition) is 0. The van der Waals surface area contributed by atoms with Crippen LogP contribution in [0.25, 0.3) is 72.3 Å². The van der Waals surface area contributed by atoms with Crippen molar-refractivity contribution in [1.29, 1.82) is 0 Å². The molecule has 7 aromatic carbocycles. The second kappa shape index (κ2) is 16.8. The van der Waals surface area contributed by atoms with E-state index in [2.05, 4.69) is 74.1 Å². The Morgan fingerprint density at radius 1 is 0.697 bits per heavy atom. The van der Waals surface area contributed by atoms with Crippen molar-refractivity contribution < 1.29 is 44.1 Å². The number of aryl methyl sites for hydroxylation is 1. The minimum Gasteiger partial charge on any atom is -0.510 e. The second-order valence-corrected chi connectivity index (χ2v) is 23.0. The molecule has 5 nitrogen and oxygen atoms in total. The Hall–Kier alpha value is -6.33. The molecule has 0 radical (unpaired) electrons. The fourth-order valence-corrected chi connectivity index (χ4v) is 16.0. The number of benzene rings is 7. The number of fused-ring (bicyclic) bond motifs is 6. The quantitative estimate of drug-likeness (QED) is 0.0906. The van der Waals surface area contributed by atoms with Gasteiger partial charge in [-0.25, -0.2) is 4.98 Å². The zero-order valence-corrected chi connectivity index (χ0v) is 40.1. The summed E-state index contributed by atoms with van der Waals surface area (Å²) in [5, 5.41) is 3.87. The topological polar surface area (TPSA) is 35.9 Å². The third-order valence-electron chi connectivity index (χ3n) is 13.5. The summed E-state index contributed by atoms with van der Waals surface area (Å²) in [4.78, 5) is 5.00. The van der Waals surface area contributed by atoms with E-state index >= 15 is 0 Å². The maximum absolute atomic E-state index is 9.05. The number of para-hydroxylation sites is 3. The van der Waals surface area contributed by atoms with Gasteiger partial charge in [0.25, 0.3) is 6.33 Å². The first kappa shape index (κ1) is 32.4. The summed E-state index contributed by atoms with van der Waals surface area (Å²) in [7, 11) is -1.61. The molecule has 2 aliphatic rings. The van der Waals surface area contributed by atoms with Crippen molar-refractivity contribution in [2.75, 3.05) is 0 Å². The van der Waals surface area contributed by atoms with Gasteiger partial charge in [0.15, 0.2) is 0 Å². The van der Waals surface area contributed by atoms with Crippen LogP contribution in [-0.4, -0.2) is 22.2 Å². The van der Waals surface area contributed by atoms with E-state index in [-0.39, 0.29) is 54.4 Å². The van der Waals surface area contributed by atoms with Crippen molar-refractivity contribution in [1.82, 2.24) is 14.1 Å². The molecule has 2 aliphatic heterocycles. The minimum absolute atomic E-state index is 0. The van der Waals surface area contributed by atoms with Crippen molar-refractivity contribution >= 4 is 46.1 Å². The van der Waals surface area contributed by atoms with E-state index in [1.807, 2.05) is 54.7 Å². The third kappa shape index (κ3) is 7.26. The number of aromatic nitrogens is 4. The molecule has 1 fully saturated rings. The average Bonchev–Trinajstić information content (AvgIpc) is 4.24. The molecular weight excluding hydrogens is 1000 g/mol. The Kier molecular flexibility index (Phi) is 8.25. The van der Waals surface area contributed by atoms with E-state index in [1.54, 1.807) is 32.5 Å². The summed E-state index contributed by atoms with van der Waals surface area (Å²) < 4.78 is 99.7. The van der Waals surface area contributed by atoms with Crippen molar-refractivity contribution in [3.63, 3.8) is 0 Å². The number of imidazole rings is 1. The first-order valence-electron chi connectivity index (χ1n) is 27.4. The molecular formula is C59H50N4OPtSi-2. The number of rotatable bonds is 7. The first-order chi connectivity index (χ1) is 36.0. The van der Waals surface area contributed by atoms with Gasteiger partial charge in [-0.2, -0.15) is 18.2 Å². The largest absolute Gasteiger partial charge is 0.510 e. The van der Waals surface area contributed by atoms with E-state index in [0.29, 0.717) is 28.2 Å². The SMILES string of the molecule is [2H]c1c([2H])c([2H])c(-c2cccc(-c3c([2H])c([2H])c([2H])c([2H])c3[2H])c2-[n+]2[c-]n(-c3[c-]c(Oc4[c-]c5c(cc4)c4cc6c(cc4n5-c4cc(C(C)(C)C)ccn4)[Si]4(CCCC4)CCC6)ccc3)c3ccccc32)c([2H])c1[2H].[Pt]. The summed E-state index contributed by atoms with van der Waals surface area (Å²) >= 11 is 0. The van der Waals surface area contributed by atoms with Crippen LogP contribution in [0.4, 0.5) is 0 Å². The van der Waals surface area contributed by atoms with Crippen molar-refractivity contribution in [3.05, 3.63) is 193 Å². The van der Waals surface area contributed by atoms with Crippen LogP contribution in [0, 0.1) is 18.5 Å². The van der Waals surface area contributed by atoms with Crippen molar-refractivity contribution in [2.24, 2.45) is 0 Å². The van der Waals surface area contributed by atoms with Gasteiger partial charge in [-0.05, 0) is 74.5 Å². The summed E-state index contributed by atoms with van der Waals surface area (Å²) in [6.07, 6.45) is 10.3. The van der Waals surface area contributed by atoms with Crippen LogP contribution >= 0.6 is 0 Å². The zero-order chi connectivity index (χ0) is 52.4. The molecule has 1 spiro atoms. The van der Waals surface area contributed by atoms with Gasteiger partial charge in [0.2, 0.25) is 0 Å². The van der Waals surface area contributed by atoms with Gasteiger partial charge < -0.3 is 13.9 Å². The maximum Gasteiger partial charge on any atom is 0.268 e. The first-order valence-corrected chi connectivity index (χ1v) is 25.0. The Morgan fingerprint density at radius 2 is 1.39 bits per heavy atom. The molecule has 0 N–H and O–H groups in total. The van der Waals surface area contributed by atoms with Crippen LogP contribution in [0.3, 0.4) is 0 Å². The van der Waals surface area contributed by atoms with Crippen LogP contribution in [0.15, 0.2) is 164 Å². The second-order valence-electron chi connectivity index (χ2n) is 18.4. The minimum atomic E-state index is -1.61. The number of ether oxygens (including phenoxy) is 1. The molecule has 0 saturated carbocycles. The van der Waals surface area contributed by atoms with E-state index in [1.165, 1.54) is 53.9 Å². The molecule has 3 aromatic heterocycles. The smallest absolute Gasteiger partial charge is 0.268 e. The molecule has 66 heavy (non-hydrogen) atoms. The summed E-state index contributed by atoms with van der Waals surface area (Å²) in [5.74, 6) is 1.69. The Morgan fingerprint density at radius 3 is 2.14 bits per heavy atom. The van der Waals surface area contributed by atoms with Gasteiger partial charge in [0.05, 0.1) is 38.5 Å². The molecule has 0 amide bonds. The molecule has 1 saturated heterocycles. The Labute approximate surface area is 416 Å². The van der Waals surface area contributed by atoms with Crippen LogP contribution < -0.4 is 14.5 Å². The Balaban J connectivity index is 0.00000616. The normalized spacial score (nSPS) is 16.6. The third-order valence-corrected chi connectivity index (χ3v) is 19.1. The van der Waals surface area contributed by atoms with Crippen LogP contribution in [-0.2, 0) is 32.9 Å². The van der Waals surface area contributed by atoms with Crippen LogP contribution in [0.2, 0.25) is 18.1 Å². The van der Waals surface area contributed by atoms with E-state index in [4.69, 9.17) is 23.4 Å². The molecule has 12 rings (SSSR count). The summed E-state index contributed by atoms with van der Waals surface area (Å²) in [6, 6.07) is 37.0. The zero-order valence-electron chi connectivity index (χ0n) is 46.8. The average molecular weight is 1060 g/mol. The molecule has 328 valence electrons. The van der Waals surface area contributed by atoms with Gasteiger partial charge >= 0.3 is 0 Å². The fraction of sp³-hybridized carbons (Fsp3) is 0.186. The molecule has 0 unspecified atom stereocenters. The van der Waals surface area contributed by atoms with Crippen LogP contribution in [0.5, 0.6) is 11.5 Å². The van der Waals surface area contributed by atoms with Gasteiger partial charge in [-0.1, -0.05) is 178 Å². The standard InChI is InChI=1S/C59H50N4OSi.Pt/c1-59(2,3)44-30-31-60-57(36-44)63-54-38-47(28-29-50(54)51-35-43-21-16-34-65(32-12-13-33-65)56(43)39-55(51)63)64-46-23-14-22-45(37-46)61-40-62(53-27-11-10-26-52(53)61)58-48(41-17-6-4-7-18-41)24-15-25-49(58)42-19-8-5-9-20-42;/h4-11,14-15,17-20,22-31,35-36,39H,12-13,16,21,32-34H2,1-3H3;/q-2;/i4D,5D,6D,7D,8D,9D,17D,18D,19D,20D;. The van der Waals surface area contributed by atoms with Gasteiger partial charge in [0.1, 0.15) is 5.82 Å². The summed E-state index contributed by atoms with van der Waals surface area (Å²) in [5.41, 5.74) is 6.50. The van der Waals surface area contributed by atoms with Gasteiger partial charge in [0, 0.05) is 44.3 Å². The number of nitrogens with zero attached hydrogens (tertiary/aromatic N) is 4. The molecule has 10 aromatic rings. The monoisotopic (exact) mass is 1060 g/mol. The molecule has 0 bridgehead atoms. The molecule has 7 heteroatoms. The predicted octanol–water partition coefficient (Wildman–Crippen LogP) is 13.6. The molecule has 0 atom stereocenters. The number of hydrogen-bond acceptors (Lipinski definition) is 2. The van der Waals surface area contributed by atoms with Crippen LogP contribution in [0.1, 0.15) is 64.9 Å². The van der Waals surface area contributed by atoms with Gasteiger partial charge in [-0.15, -0.1) is 29.7 Å². The number of pyridine rings is 1. The van der Waals surface area contributed by atoms with E-state index in [9.17, 15) is 0 Å². The Bertz CT molecular complexity index is 3900. The fourth-order valence-electron chi connectivity index (χ4n) is 10.4. The maximum atomic E-state index is 9.05. The van der Waals surface area contributed by atoms with E-state index in [0.717, 1.165) is 28.7 Å². The van der Waals surface area contributed by atoms with Crippen molar-refractivity contribution in [3.8, 4) is 50.9 Å². The molecule has 5 heterocycles.